The van der Waals surface area contributed by atoms with Gasteiger partial charge in [0.15, 0.2) is 9.84 Å². The van der Waals surface area contributed by atoms with Crippen molar-refractivity contribution in [2.24, 2.45) is 0 Å². The van der Waals surface area contributed by atoms with Crippen LogP contribution >= 0.6 is 0 Å². The Morgan fingerprint density at radius 2 is 2.04 bits per heavy atom. The summed E-state index contributed by atoms with van der Waals surface area (Å²) in [4.78, 5) is 14.3. The molecule has 2 aliphatic rings. The number of urea groups is 1. The van der Waals surface area contributed by atoms with Crippen molar-refractivity contribution in [3.63, 3.8) is 0 Å². The highest BCUT2D eigenvalue weighted by atomic mass is 32.2. The number of amides is 2. The average Bonchev–Trinajstić information content (AvgIpc) is 3.15. The number of nitrogens with zero attached hydrogens (tertiary/aromatic N) is 1. The minimum atomic E-state index is -3.04. The fourth-order valence-corrected chi connectivity index (χ4v) is 4.87. The summed E-state index contributed by atoms with van der Waals surface area (Å²) in [5, 5.41) is 2.86. The Morgan fingerprint density at radius 3 is 2.65 bits per heavy atom. The number of carbonyl (C=O) groups excluding carboxylic acids is 1. The maximum Gasteiger partial charge on any atom is 0.322 e. The summed E-state index contributed by atoms with van der Waals surface area (Å²) in [6, 6.07) is 8.67. The number of ether oxygens (including phenoxy) is 1. The van der Waals surface area contributed by atoms with Crippen LogP contribution in [0, 0.1) is 0 Å². The Labute approximate surface area is 136 Å². The molecule has 2 atom stereocenters. The number of anilines is 1. The van der Waals surface area contributed by atoms with E-state index in [0.29, 0.717) is 25.3 Å². The maximum absolute atomic E-state index is 12.7. The van der Waals surface area contributed by atoms with E-state index in [2.05, 4.69) is 5.32 Å². The van der Waals surface area contributed by atoms with Crippen LogP contribution in [-0.2, 0) is 14.6 Å². The molecule has 2 saturated heterocycles. The molecule has 0 unspecified atom stereocenters. The summed E-state index contributed by atoms with van der Waals surface area (Å²) in [6.07, 6.45) is 2.40. The molecular weight excluding hydrogens is 316 g/mol. The van der Waals surface area contributed by atoms with Gasteiger partial charge in [-0.3, -0.25) is 0 Å². The van der Waals surface area contributed by atoms with Crippen LogP contribution in [0.3, 0.4) is 0 Å². The van der Waals surface area contributed by atoms with Crippen LogP contribution in [-0.4, -0.2) is 56.2 Å². The van der Waals surface area contributed by atoms with E-state index < -0.39 is 9.84 Å². The van der Waals surface area contributed by atoms with Crippen LogP contribution in [0.25, 0.3) is 0 Å². The van der Waals surface area contributed by atoms with E-state index in [9.17, 15) is 13.2 Å². The van der Waals surface area contributed by atoms with Crippen molar-refractivity contribution in [3.05, 3.63) is 30.3 Å². The van der Waals surface area contributed by atoms with Crippen molar-refractivity contribution in [3.8, 4) is 0 Å². The molecule has 0 radical (unpaired) electrons. The highest BCUT2D eigenvalue weighted by Gasteiger charge is 2.36. The molecule has 2 amide bonds. The van der Waals surface area contributed by atoms with Crippen molar-refractivity contribution in [2.45, 2.75) is 31.4 Å². The summed E-state index contributed by atoms with van der Waals surface area (Å²) < 4.78 is 29.2. The maximum atomic E-state index is 12.7. The zero-order valence-corrected chi connectivity index (χ0v) is 13.8. The fraction of sp³-hybridized carbons (Fsp3) is 0.562. The first-order valence-electron chi connectivity index (χ1n) is 7.98. The third-order valence-electron chi connectivity index (χ3n) is 4.36. The third kappa shape index (κ3) is 4.23. The van der Waals surface area contributed by atoms with Gasteiger partial charge in [0, 0.05) is 24.9 Å². The first kappa shape index (κ1) is 16.3. The summed E-state index contributed by atoms with van der Waals surface area (Å²) in [7, 11) is -3.04. The number of hydrogen-bond donors (Lipinski definition) is 1. The zero-order valence-electron chi connectivity index (χ0n) is 13.0. The number of rotatable bonds is 4. The smallest absolute Gasteiger partial charge is 0.322 e. The van der Waals surface area contributed by atoms with Gasteiger partial charge in [-0.2, -0.15) is 0 Å². The number of sulfone groups is 1. The highest BCUT2D eigenvalue weighted by molar-refractivity contribution is 7.91. The van der Waals surface area contributed by atoms with Gasteiger partial charge in [0.2, 0.25) is 0 Å². The molecule has 1 aromatic rings. The Kier molecular flexibility index (Phi) is 4.87. The zero-order chi connectivity index (χ0) is 16.3. The average molecular weight is 338 g/mol. The Hall–Kier alpha value is -1.60. The molecule has 0 saturated carbocycles. The van der Waals surface area contributed by atoms with E-state index in [0.717, 1.165) is 12.8 Å². The second-order valence-corrected chi connectivity index (χ2v) is 8.37. The monoisotopic (exact) mass is 338 g/mol. The topological polar surface area (TPSA) is 75.7 Å². The lowest BCUT2D eigenvalue weighted by Crippen LogP contribution is -2.47. The molecule has 3 rings (SSSR count). The normalized spacial score (nSPS) is 26.1. The van der Waals surface area contributed by atoms with E-state index in [1.165, 1.54) is 0 Å². The fourth-order valence-electron chi connectivity index (χ4n) is 3.14. The van der Waals surface area contributed by atoms with Gasteiger partial charge in [-0.25, -0.2) is 13.2 Å². The van der Waals surface area contributed by atoms with Crippen molar-refractivity contribution in [2.75, 3.05) is 30.0 Å². The Bertz CT molecular complexity index is 641. The van der Waals surface area contributed by atoms with Gasteiger partial charge in [-0.15, -0.1) is 0 Å². The van der Waals surface area contributed by atoms with Crippen LogP contribution in [0.2, 0.25) is 0 Å². The first-order valence-corrected chi connectivity index (χ1v) is 9.80. The van der Waals surface area contributed by atoms with Gasteiger partial charge in [0.1, 0.15) is 0 Å². The predicted molar refractivity (Wildman–Crippen MR) is 88.2 cm³/mol. The molecule has 126 valence electrons. The molecular formula is C16H22N2O4S. The molecule has 0 aromatic heterocycles. The lowest BCUT2D eigenvalue weighted by atomic mass is 10.2. The van der Waals surface area contributed by atoms with Gasteiger partial charge < -0.3 is 15.0 Å². The van der Waals surface area contributed by atoms with E-state index in [1.54, 1.807) is 4.90 Å². The largest absolute Gasteiger partial charge is 0.376 e. The lowest BCUT2D eigenvalue weighted by Gasteiger charge is -2.30. The van der Waals surface area contributed by atoms with Gasteiger partial charge in [0.05, 0.1) is 17.6 Å². The first-order chi connectivity index (χ1) is 11.0. The minimum absolute atomic E-state index is 0.000160. The van der Waals surface area contributed by atoms with E-state index in [-0.39, 0.29) is 29.7 Å². The van der Waals surface area contributed by atoms with Gasteiger partial charge in [-0.1, -0.05) is 18.2 Å². The molecule has 1 N–H and O–H groups in total. The van der Waals surface area contributed by atoms with Gasteiger partial charge in [-0.05, 0) is 31.4 Å². The SMILES string of the molecule is O=C(Nc1ccccc1)N(C[C@H]1CCCO1)[C@@H]1CCS(=O)(=O)C1. The molecule has 2 heterocycles. The lowest BCUT2D eigenvalue weighted by molar-refractivity contribution is 0.0751. The van der Waals surface area contributed by atoms with Gasteiger partial charge in [0.25, 0.3) is 0 Å². The third-order valence-corrected chi connectivity index (χ3v) is 6.11. The van der Waals surface area contributed by atoms with Crippen molar-refractivity contribution in [1.82, 2.24) is 4.90 Å². The molecule has 2 fully saturated rings. The number of hydrogen-bond acceptors (Lipinski definition) is 4. The minimum Gasteiger partial charge on any atom is -0.376 e. The van der Waals surface area contributed by atoms with Crippen molar-refractivity contribution < 1.29 is 17.9 Å². The predicted octanol–water partition coefficient (Wildman–Crippen LogP) is 1.89. The molecule has 6 nitrogen and oxygen atoms in total. The Balaban J connectivity index is 1.72. The van der Waals surface area contributed by atoms with E-state index >= 15 is 0 Å². The van der Waals surface area contributed by atoms with E-state index in [4.69, 9.17) is 4.74 Å². The molecule has 0 aliphatic carbocycles. The second kappa shape index (κ2) is 6.88. The quantitative estimate of drug-likeness (QED) is 0.909. The molecule has 7 heteroatoms. The number of para-hydroxylation sites is 1. The summed E-state index contributed by atoms with van der Waals surface area (Å²) in [6.45, 7) is 1.15. The molecule has 2 aliphatic heterocycles. The summed E-state index contributed by atoms with van der Waals surface area (Å²) >= 11 is 0. The van der Waals surface area contributed by atoms with Crippen molar-refractivity contribution >= 4 is 21.6 Å². The van der Waals surface area contributed by atoms with Crippen LogP contribution < -0.4 is 5.32 Å². The van der Waals surface area contributed by atoms with Crippen LogP contribution in [0.1, 0.15) is 19.3 Å². The van der Waals surface area contributed by atoms with E-state index in [1.807, 2.05) is 30.3 Å². The van der Waals surface area contributed by atoms with Gasteiger partial charge >= 0.3 is 6.03 Å². The summed E-state index contributed by atoms with van der Waals surface area (Å²) in [5.74, 6) is 0.195. The van der Waals surface area contributed by atoms with Crippen molar-refractivity contribution in [1.29, 1.82) is 0 Å². The molecule has 1 aromatic carbocycles. The molecule has 0 spiro atoms. The van der Waals surface area contributed by atoms with Crippen LogP contribution in [0.4, 0.5) is 10.5 Å². The molecule has 23 heavy (non-hydrogen) atoms. The number of carbonyl (C=O) groups is 1. The van der Waals surface area contributed by atoms with Crippen LogP contribution in [0.5, 0.6) is 0 Å². The highest BCUT2D eigenvalue weighted by Crippen LogP contribution is 2.22. The second-order valence-electron chi connectivity index (χ2n) is 6.14. The molecule has 0 bridgehead atoms. The standard InChI is InChI=1S/C16H22N2O4S/c19-16(17-13-5-2-1-3-6-13)18(11-15-7-4-9-22-15)14-8-10-23(20,21)12-14/h1-3,5-6,14-15H,4,7-12H2,(H,17,19)/t14-,15-/m1/s1. The van der Waals surface area contributed by atoms with Crippen LogP contribution in [0.15, 0.2) is 30.3 Å². The Morgan fingerprint density at radius 1 is 1.26 bits per heavy atom. The summed E-state index contributed by atoms with van der Waals surface area (Å²) in [5.41, 5.74) is 0.704. The number of nitrogens with one attached hydrogen (secondary N) is 1. The number of benzene rings is 1.